The van der Waals surface area contributed by atoms with E-state index in [0.717, 1.165) is 6.07 Å². The lowest BCUT2D eigenvalue weighted by Gasteiger charge is -2.29. The van der Waals surface area contributed by atoms with Gasteiger partial charge in [0.25, 0.3) is 0 Å². The molecule has 0 fully saturated rings. The van der Waals surface area contributed by atoms with Gasteiger partial charge in [-0.1, -0.05) is 30.3 Å². The maximum Gasteiger partial charge on any atom is 0.411 e. The third kappa shape index (κ3) is 3.30. The standard InChI is InChI=1S/C17H18FN3O4S/c1-2-25-17(22)21-12-8-11(18)15-16(14(12)19)26(23,24)9-13(20-15)10-6-4-3-5-7-10/h3-8,13,20H,2,9,19H2,1H3,(H,21,22). The average molecular weight is 379 g/mol. The summed E-state index contributed by atoms with van der Waals surface area (Å²) in [5.74, 6) is -1.11. The van der Waals surface area contributed by atoms with Gasteiger partial charge in [-0.15, -0.1) is 0 Å². The second-order valence-electron chi connectivity index (χ2n) is 5.76. The summed E-state index contributed by atoms with van der Waals surface area (Å²) in [7, 11) is -3.88. The molecular weight excluding hydrogens is 361 g/mol. The molecule has 9 heteroatoms. The number of carbonyl (C=O) groups excluding carboxylic acids is 1. The van der Waals surface area contributed by atoms with Crippen molar-refractivity contribution in [3.8, 4) is 0 Å². The van der Waals surface area contributed by atoms with Gasteiger partial charge in [0.15, 0.2) is 9.84 Å². The number of nitrogens with one attached hydrogen (secondary N) is 2. The molecule has 1 heterocycles. The number of nitrogens with two attached hydrogens (primary N) is 1. The molecule has 138 valence electrons. The molecule has 1 aliphatic heterocycles. The molecule has 1 unspecified atom stereocenters. The maximum absolute atomic E-state index is 14.6. The van der Waals surface area contributed by atoms with Gasteiger partial charge in [-0.3, -0.25) is 5.32 Å². The lowest BCUT2D eigenvalue weighted by molar-refractivity contribution is 0.168. The monoisotopic (exact) mass is 379 g/mol. The van der Waals surface area contributed by atoms with E-state index in [1.165, 1.54) is 0 Å². The highest BCUT2D eigenvalue weighted by atomic mass is 32.2. The Kier molecular flexibility index (Phi) is 4.73. The van der Waals surface area contributed by atoms with Gasteiger partial charge in [0.1, 0.15) is 10.7 Å². The van der Waals surface area contributed by atoms with Crippen LogP contribution >= 0.6 is 0 Å². The van der Waals surface area contributed by atoms with Gasteiger partial charge in [0.2, 0.25) is 0 Å². The minimum absolute atomic E-state index is 0.109. The first-order chi connectivity index (χ1) is 12.3. The number of carbonyl (C=O) groups is 1. The fourth-order valence-electron chi connectivity index (χ4n) is 2.86. The van der Waals surface area contributed by atoms with Crippen LogP contribution in [0.2, 0.25) is 0 Å². The highest BCUT2D eigenvalue weighted by Crippen LogP contribution is 2.42. The zero-order valence-corrected chi connectivity index (χ0v) is 14.8. The molecule has 0 radical (unpaired) electrons. The van der Waals surface area contributed by atoms with E-state index in [-0.39, 0.29) is 34.3 Å². The molecule has 0 aliphatic carbocycles. The van der Waals surface area contributed by atoms with Gasteiger partial charge >= 0.3 is 6.09 Å². The third-order valence-corrected chi connectivity index (χ3v) is 5.82. The summed E-state index contributed by atoms with van der Waals surface area (Å²) in [6.45, 7) is 1.71. The first-order valence-electron chi connectivity index (χ1n) is 7.93. The molecule has 1 atom stereocenters. The first-order valence-corrected chi connectivity index (χ1v) is 9.58. The van der Waals surface area contributed by atoms with Crippen molar-refractivity contribution >= 4 is 33.0 Å². The molecule has 2 aromatic rings. The van der Waals surface area contributed by atoms with Crippen LogP contribution in [0.5, 0.6) is 0 Å². The van der Waals surface area contributed by atoms with Crippen LogP contribution in [0, 0.1) is 5.82 Å². The number of hydrogen-bond donors (Lipinski definition) is 3. The molecule has 0 aromatic heterocycles. The number of benzene rings is 2. The Bertz CT molecular complexity index is 948. The quantitative estimate of drug-likeness (QED) is 0.707. The molecule has 1 aliphatic rings. The summed E-state index contributed by atoms with van der Waals surface area (Å²) in [5, 5.41) is 5.17. The summed E-state index contributed by atoms with van der Waals surface area (Å²) in [6, 6.07) is 9.24. The number of anilines is 3. The fourth-order valence-corrected chi connectivity index (χ4v) is 4.66. The van der Waals surface area contributed by atoms with E-state index in [2.05, 4.69) is 10.6 Å². The van der Waals surface area contributed by atoms with Gasteiger partial charge in [-0.05, 0) is 12.5 Å². The van der Waals surface area contributed by atoms with Crippen LogP contribution < -0.4 is 16.4 Å². The number of sulfone groups is 1. The van der Waals surface area contributed by atoms with E-state index in [0.29, 0.717) is 5.56 Å². The van der Waals surface area contributed by atoms with E-state index in [1.807, 2.05) is 0 Å². The topological polar surface area (TPSA) is 111 Å². The van der Waals surface area contributed by atoms with Crippen molar-refractivity contribution in [2.24, 2.45) is 0 Å². The van der Waals surface area contributed by atoms with Crippen LogP contribution in [-0.4, -0.2) is 26.9 Å². The zero-order valence-electron chi connectivity index (χ0n) is 14.0. The summed E-state index contributed by atoms with van der Waals surface area (Å²) < 4.78 is 44.9. The summed E-state index contributed by atoms with van der Waals surface area (Å²) in [5.41, 5.74) is 6.06. The number of fused-ring (bicyclic) bond motifs is 1. The lowest BCUT2D eigenvalue weighted by Crippen LogP contribution is -2.30. The van der Waals surface area contributed by atoms with E-state index in [4.69, 9.17) is 10.5 Å². The van der Waals surface area contributed by atoms with E-state index in [1.54, 1.807) is 37.3 Å². The van der Waals surface area contributed by atoms with Crippen molar-refractivity contribution in [3.63, 3.8) is 0 Å². The van der Waals surface area contributed by atoms with Crippen molar-refractivity contribution in [1.82, 2.24) is 0 Å². The number of rotatable bonds is 3. The molecule has 7 nitrogen and oxygen atoms in total. The van der Waals surface area contributed by atoms with Gasteiger partial charge in [0.05, 0.1) is 35.5 Å². The maximum atomic E-state index is 14.6. The number of ether oxygens (including phenoxy) is 1. The SMILES string of the molecule is CCOC(=O)Nc1cc(F)c2c(c1N)S(=O)(=O)CC(c1ccccc1)N2. The van der Waals surface area contributed by atoms with Crippen molar-refractivity contribution in [1.29, 1.82) is 0 Å². The molecule has 0 saturated carbocycles. The van der Waals surface area contributed by atoms with Crippen molar-refractivity contribution < 1.29 is 22.3 Å². The highest BCUT2D eigenvalue weighted by molar-refractivity contribution is 7.91. The summed E-state index contributed by atoms with van der Waals surface area (Å²) in [6.07, 6.45) is -0.845. The Morgan fingerprint density at radius 2 is 2.08 bits per heavy atom. The predicted molar refractivity (Wildman–Crippen MR) is 96.3 cm³/mol. The number of halogens is 1. The summed E-state index contributed by atoms with van der Waals surface area (Å²) in [4.78, 5) is 11.2. The molecule has 0 saturated heterocycles. The van der Waals surface area contributed by atoms with Crippen LogP contribution in [0.3, 0.4) is 0 Å². The third-order valence-electron chi connectivity index (χ3n) is 4.00. The van der Waals surface area contributed by atoms with Gasteiger partial charge in [-0.2, -0.15) is 0 Å². The Morgan fingerprint density at radius 3 is 2.73 bits per heavy atom. The Balaban J connectivity index is 2.05. The average Bonchev–Trinajstić information content (AvgIpc) is 2.59. The fraction of sp³-hybridized carbons (Fsp3) is 0.235. The highest BCUT2D eigenvalue weighted by Gasteiger charge is 2.36. The largest absolute Gasteiger partial charge is 0.450 e. The zero-order chi connectivity index (χ0) is 18.9. The minimum Gasteiger partial charge on any atom is -0.450 e. The van der Waals surface area contributed by atoms with Crippen LogP contribution in [0.25, 0.3) is 0 Å². The molecule has 1 amide bonds. The van der Waals surface area contributed by atoms with Crippen molar-refractivity contribution in [2.75, 3.05) is 28.7 Å². The number of amides is 1. The van der Waals surface area contributed by atoms with Gasteiger partial charge < -0.3 is 15.8 Å². The van der Waals surface area contributed by atoms with Crippen LogP contribution in [-0.2, 0) is 14.6 Å². The second-order valence-corrected chi connectivity index (χ2v) is 7.73. The van der Waals surface area contributed by atoms with Crippen molar-refractivity contribution in [2.45, 2.75) is 17.9 Å². The van der Waals surface area contributed by atoms with E-state index < -0.39 is 27.8 Å². The van der Waals surface area contributed by atoms with Crippen LogP contribution in [0.15, 0.2) is 41.3 Å². The Morgan fingerprint density at radius 1 is 1.38 bits per heavy atom. The van der Waals surface area contributed by atoms with Gasteiger partial charge in [-0.25, -0.2) is 17.6 Å². The molecule has 0 bridgehead atoms. The minimum atomic E-state index is -3.88. The smallest absolute Gasteiger partial charge is 0.411 e. The molecule has 26 heavy (non-hydrogen) atoms. The predicted octanol–water partition coefficient (Wildman–Crippen LogP) is 2.92. The normalized spacial score (nSPS) is 17.7. The Labute approximate surface area is 150 Å². The van der Waals surface area contributed by atoms with Gasteiger partial charge in [0, 0.05) is 6.07 Å². The molecule has 3 rings (SSSR count). The Hall–Kier alpha value is -2.81. The molecule has 2 aromatic carbocycles. The van der Waals surface area contributed by atoms with Crippen molar-refractivity contribution in [3.05, 3.63) is 47.8 Å². The number of hydrogen-bond acceptors (Lipinski definition) is 6. The summed E-state index contributed by atoms with van der Waals surface area (Å²) >= 11 is 0. The molecule has 0 spiro atoms. The first kappa shape index (κ1) is 18.0. The van der Waals surface area contributed by atoms with E-state index >= 15 is 0 Å². The van der Waals surface area contributed by atoms with E-state index in [9.17, 15) is 17.6 Å². The van der Waals surface area contributed by atoms with Crippen LogP contribution in [0.1, 0.15) is 18.5 Å². The second kappa shape index (κ2) is 6.83. The number of nitrogen functional groups attached to an aromatic ring is 1. The molecular formula is C17H18FN3O4S. The lowest BCUT2D eigenvalue weighted by atomic mass is 10.1. The van der Waals surface area contributed by atoms with Crippen LogP contribution in [0.4, 0.5) is 26.2 Å². The molecule has 4 N–H and O–H groups in total.